The van der Waals surface area contributed by atoms with Crippen molar-refractivity contribution < 1.29 is 18.7 Å². The van der Waals surface area contributed by atoms with Crippen LogP contribution < -0.4 is 0 Å². The predicted octanol–water partition coefficient (Wildman–Crippen LogP) is 2.06. The van der Waals surface area contributed by atoms with Crippen molar-refractivity contribution in [3.05, 3.63) is 23.1 Å². The molecule has 1 atom stereocenters. The van der Waals surface area contributed by atoms with Gasteiger partial charge in [-0.2, -0.15) is 0 Å². The van der Waals surface area contributed by atoms with Crippen LogP contribution in [0.5, 0.6) is 0 Å². The van der Waals surface area contributed by atoms with Crippen LogP contribution >= 0.6 is 11.6 Å². The summed E-state index contributed by atoms with van der Waals surface area (Å²) >= 11 is 5.82. The molecule has 1 rings (SSSR count). The summed E-state index contributed by atoms with van der Waals surface area (Å²) < 4.78 is 15.0. The normalized spacial score (nSPS) is 12.4. The van der Waals surface area contributed by atoms with Gasteiger partial charge in [0.05, 0.1) is 31.1 Å². The molecule has 0 saturated heterocycles. The van der Waals surface area contributed by atoms with Gasteiger partial charge in [0.1, 0.15) is 0 Å². The first-order valence-electron chi connectivity index (χ1n) is 5.63. The van der Waals surface area contributed by atoms with Crippen LogP contribution in [0.1, 0.15) is 17.3 Å². The highest BCUT2D eigenvalue weighted by molar-refractivity contribution is 6.32. The molecule has 0 fully saturated rings. The van der Waals surface area contributed by atoms with Gasteiger partial charge in [-0.05, 0) is 24.6 Å². The third-order valence-electron chi connectivity index (χ3n) is 2.59. The van der Waals surface area contributed by atoms with Crippen molar-refractivity contribution in [1.29, 1.82) is 0 Å². The van der Waals surface area contributed by atoms with Crippen LogP contribution in [0.25, 0.3) is 0 Å². The summed E-state index contributed by atoms with van der Waals surface area (Å²) in [7, 11) is 3.19. The van der Waals surface area contributed by atoms with Crippen molar-refractivity contribution in [2.24, 2.45) is 0 Å². The summed E-state index contributed by atoms with van der Waals surface area (Å²) in [5.41, 5.74) is 0.357. The quantitative estimate of drug-likeness (QED) is 0.764. The summed E-state index contributed by atoms with van der Waals surface area (Å²) in [5.74, 6) is -0.185. The first-order valence-corrected chi connectivity index (χ1v) is 6.01. The van der Waals surface area contributed by atoms with Crippen LogP contribution in [0.4, 0.5) is 0 Å². The fourth-order valence-electron chi connectivity index (χ4n) is 1.64. The average molecular weight is 276 g/mol. The summed E-state index contributed by atoms with van der Waals surface area (Å²) in [4.78, 5) is 14.0. The molecule has 1 amide bonds. The van der Waals surface area contributed by atoms with Crippen molar-refractivity contribution in [2.45, 2.75) is 13.0 Å². The van der Waals surface area contributed by atoms with Crippen LogP contribution in [0.2, 0.25) is 5.22 Å². The fourth-order valence-corrected chi connectivity index (χ4v) is 1.84. The maximum absolute atomic E-state index is 12.3. The molecule has 0 aliphatic carbocycles. The lowest BCUT2D eigenvalue weighted by Gasteiger charge is -2.28. The first-order chi connectivity index (χ1) is 8.61. The van der Waals surface area contributed by atoms with Crippen LogP contribution in [-0.4, -0.2) is 50.8 Å². The van der Waals surface area contributed by atoms with E-state index in [0.29, 0.717) is 25.3 Å². The standard InChI is InChI=1S/C12H18ClNO4/c1-9(8-17-3)14(5-7-16-2)12(15)10-4-6-18-11(10)13/h4,6,9H,5,7-8H2,1-3H3. The van der Waals surface area contributed by atoms with Crippen LogP contribution in [0.3, 0.4) is 0 Å². The highest BCUT2D eigenvalue weighted by Gasteiger charge is 2.24. The van der Waals surface area contributed by atoms with E-state index in [2.05, 4.69) is 0 Å². The Labute approximate surface area is 112 Å². The van der Waals surface area contributed by atoms with Gasteiger partial charge in [-0.3, -0.25) is 4.79 Å². The second-order valence-corrected chi connectivity index (χ2v) is 4.25. The van der Waals surface area contributed by atoms with Gasteiger partial charge in [0, 0.05) is 20.8 Å². The molecule has 0 spiro atoms. The van der Waals surface area contributed by atoms with Crippen LogP contribution in [0, 0.1) is 0 Å². The van der Waals surface area contributed by atoms with E-state index in [1.807, 2.05) is 6.92 Å². The number of rotatable bonds is 7. The summed E-state index contributed by atoms with van der Waals surface area (Å²) in [6.07, 6.45) is 1.39. The number of methoxy groups -OCH3 is 2. The molecule has 0 saturated carbocycles. The van der Waals surface area contributed by atoms with Gasteiger partial charge in [0.25, 0.3) is 5.91 Å². The number of halogens is 1. The molecule has 0 aromatic carbocycles. The molecule has 1 unspecified atom stereocenters. The van der Waals surface area contributed by atoms with E-state index in [9.17, 15) is 4.79 Å². The van der Waals surface area contributed by atoms with Crippen LogP contribution in [-0.2, 0) is 9.47 Å². The minimum atomic E-state index is -0.185. The van der Waals surface area contributed by atoms with E-state index in [0.717, 1.165) is 0 Å². The number of carbonyl (C=O) groups excluding carboxylic acids is 1. The van der Waals surface area contributed by atoms with Gasteiger partial charge in [0.15, 0.2) is 0 Å². The summed E-state index contributed by atoms with van der Waals surface area (Å²) in [6, 6.07) is 1.49. The molecule has 0 N–H and O–H groups in total. The molecule has 0 aliphatic heterocycles. The second-order valence-electron chi connectivity index (χ2n) is 3.90. The zero-order valence-corrected chi connectivity index (χ0v) is 11.6. The Balaban J connectivity index is 2.81. The van der Waals surface area contributed by atoms with Crippen molar-refractivity contribution in [2.75, 3.05) is 34.0 Å². The number of hydrogen-bond acceptors (Lipinski definition) is 4. The molecule has 1 heterocycles. The highest BCUT2D eigenvalue weighted by atomic mass is 35.5. The predicted molar refractivity (Wildman–Crippen MR) is 68.0 cm³/mol. The average Bonchev–Trinajstić information content (AvgIpc) is 2.76. The molecule has 0 bridgehead atoms. The molecular weight excluding hydrogens is 258 g/mol. The Morgan fingerprint density at radius 2 is 2.22 bits per heavy atom. The first kappa shape index (κ1) is 15.0. The van der Waals surface area contributed by atoms with Crippen molar-refractivity contribution >= 4 is 17.5 Å². The second kappa shape index (κ2) is 7.41. The van der Waals surface area contributed by atoms with Gasteiger partial charge in [-0.25, -0.2) is 0 Å². The topological polar surface area (TPSA) is 51.9 Å². The number of hydrogen-bond donors (Lipinski definition) is 0. The van der Waals surface area contributed by atoms with Crippen LogP contribution in [0.15, 0.2) is 16.7 Å². The monoisotopic (exact) mass is 275 g/mol. The molecule has 0 aliphatic rings. The Morgan fingerprint density at radius 1 is 1.50 bits per heavy atom. The van der Waals surface area contributed by atoms with Crippen molar-refractivity contribution in [1.82, 2.24) is 4.90 Å². The smallest absolute Gasteiger partial charge is 0.259 e. The molecular formula is C12H18ClNO4. The molecule has 18 heavy (non-hydrogen) atoms. The lowest BCUT2D eigenvalue weighted by Crippen LogP contribution is -2.43. The number of ether oxygens (including phenoxy) is 2. The highest BCUT2D eigenvalue weighted by Crippen LogP contribution is 2.19. The third-order valence-corrected chi connectivity index (χ3v) is 2.88. The molecule has 5 nitrogen and oxygen atoms in total. The Bertz CT molecular complexity index is 380. The molecule has 102 valence electrons. The van der Waals surface area contributed by atoms with Gasteiger partial charge in [-0.1, -0.05) is 0 Å². The van der Waals surface area contributed by atoms with Gasteiger partial charge < -0.3 is 18.8 Å². The van der Waals surface area contributed by atoms with E-state index in [-0.39, 0.29) is 17.2 Å². The minimum absolute atomic E-state index is 0.0661. The number of carbonyl (C=O) groups is 1. The molecule has 0 radical (unpaired) electrons. The largest absolute Gasteiger partial charge is 0.452 e. The van der Waals surface area contributed by atoms with E-state index < -0.39 is 0 Å². The van der Waals surface area contributed by atoms with E-state index >= 15 is 0 Å². The Morgan fingerprint density at radius 3 is 2.72 bits per heavy atom. The van der Waals surface area contributed by atoms with Gasteiger partial charge in [-0.15, -0.1) is 0 Å². The van der Waals surface area contributed by atoms with E-state index in [4.69, 9.17) is 25.5 Å². The number of amides is 1. The maximum Gasteiger partial charge on any atom is 0.259 e. The van der Waals surface area contributed by atoms with Crippen molar-refractivity contribution in [3.63, 3.8) is 0 Å². The van der Waals surface area contributed by atoms with Gasteiger partial charge >= 0.3 is 0 Å². The summed E-state index contributed by atoms with van der Waals surface area (Å²) in [6.45, 7) is 3.28. The van der Waals surface area contributed by atoms with Gasteiger partial charge in [0.2, 0.25) is 5.22 Å². The SMILES string of the molecule is COCCN(C(=O)c1ccoc1Cl)C(C)COC. The molecule has 1 aromatic heterocycles. The zero-order valence-electron chi connectivity index (χ0n) is 10.8. The van der Waals surface area contributed by atoms with E-state index in [1.165, 1.54) is 6.26 Å². The number of furan rings is 1. The van der Waals surface area contributed by atoms with Crippen molar-refractivity contribution in [3.8, 4) is 0 Å². The Kier molecular flexibility index (Phi) is 6.18. The minimum Gasteiger partial charge on any atom is -0.452 e. The summed E-state index contributed by atoms with van der Waals surface area (Å²) in [5, 5.41) is 0.104. The lowest BCUT2D eigenvalue weighted by atomic mass is 10.2. The van der Waals surface area contributed by atoms with E-state index in [1.54, 1.807) is 25.2 Å². The number of nitrogens with zero attached hydrogens (tertiary/aromatic N) is 1. The Hall–Kier alpha value is -1.04. The zero-order chi connectivity index (χ0) is 13.5. The maximum atomic E-state index is 12.3. The molecule has 1 aromatic rings. The molecule has 6 heteroatoms. The fraction of sp³-hybridized carbons (Fsp3) is 0.583. The third kappa shape index (κ3) is 3.73. The lowest BCUT2D eigenvalue weighted by molar-refractivity contribution is 0.0479.